The standard InChI is InChI=1S/C22H20ClN5O/c1-14-19(11-16-6-5-7-17(23)10-16)15(2)28-21(26-14)12-20(27-28)22(29)25-13-18-8-3-4-9-24-18/h3-10,12H,11,13H2,1-2H3,(H,25,29). The Morgan fingerprint density at radius 2 is 2.00 bits per heavy atom. The van der Waals surface area contributed by atoms with E-state index in [0.29, 0.717) is 29.3 Å². The molecule has 1 aromatic carbocycles. The number of aromatic nitrogens is 4. The number of hydrogen-bond donors (Lipinski definition) is 1. The fourth-order valence-corrected chi connectivity index (χ4v) is 3.52. The van der Waals surface area contributed by atoms with Gasteiger partial charge in [0.15, 0.2) is 11.3 Å². The fraction of sp³-hybridized carbons (Fsp3) is 0.182. The van der Waals surface area contributed by atoms with Gasteiger partial charge in [0.25, 0.3) is 5.91 Å². The molecular weight excluding hydrogens is 386 g/mol. The van der Waals surface area contributed by atoms with Crippen LogP contribution in [-0.2, 0) is 13.0 Å². The summed E-state index contributed by atoms with van der Waals surface area (Å²) in [6.07, 6.45) is 2.39. The van der Waals surface area contributed by atoms with Gasteiger partial charge in [-0.25, -0.2) is 9.50 Å². The lowest BCUT2D eigenvalue weighted by atomic mass is 10.0. The first kappa shape index (κ1) is 19.1. The molecule has 146 valence electrons. The predicted molar refractivity (Wildman–Crippen MR) is 112 cm³/mol. The van der Waals surface area contributed by atoms with E-state index in [-0.39, 0.29) is 5.91 Å². The number of fused-ring (bicyclic) bond motifs is 1. The van der Waals surface area contributed by atoms with Gasteiger partial charge in [0.2, 0.25) is 0 Å². The van der Waals surface area contributed by atoms with Crippen LogP contribution in [0.1, 0.15) is 38.7 Å². The SMILES string of the molecule is Cc1nc2cc(C(=O)NCc3ccccn3)nn2c(C)c1Cc1cccc(Cl)c1. The quantitative estimate of drug-likeness (QED) is 0.546. The summed E-state index contributed by atoms with van der Waals surface area (Å²) in [5, 5.41) is 8.04. The fourth-order valence-electron chi connectivity index (χ4n) is 3.31. The molecule has 0 aliphatic carbocycles. The van der Waals surface area contributed by atoms with Crippen LogP contribution in [0, 0.1) is 13.8 Å². The van der Waals surface area contributed by atoms with Crippen LogP contribution in [0.4, 0.5) is 0 Å². The number of pyridine rings is 1. The summed E-state index contributed by atoms with van der Waals surface area (Å²) in [6.45, 7) is 4.31. The third kappa shape index (κ3) is 4.12. The van der Waals surface area contributed by atoms with Crippen LogP contribution < -0.4 is 5.32 Å². The summed E-state index contributed by atoms with van der Waals surface area (Å²) in [5.74, 6) is -0.255. The molecule has 3 heterocycles. The van der Waals surface area contributed by atoms with E-state index in [0.717, 1.165) is 28.2 Å². The van der Waals surface area contributed by atoms with Crippen LogP contribution >= 0.6 is 11.6 Å². The molecule has 4 rings (SSSR count). The highest BCUT2D eigenvalue weighted by Gasteiger charge is 2.16. The summed E-state index contributed by atoms with van der Waals surface area (Å²) >= 11 is 6.12. The van der Waals surface area contributed by atoms with Gasteiger partial charge in [-0.1, -0.05) is 29.8 Å². The number of carbonyl (C=O) groups excluding carboxylic acids is 1. The zero-order valence-corrected chi connectivity index (χ0v) is 16.9. The summed E-state index contributed by atoms with van der Waals surface area (Å²) in [6, 6.07) is 15.1. The summed E-state index contributed by atoms with van der Waals surface area (Å²) < 4.78 is 1.72. The molecule has 0 atom stereocenters. The first-order valence-corrected chi connectivity index (χ1v) is 9.67. The first-order chi connectivity index (χ1) is 14.0. The average molecular weight is 406 g/mol. The lowest BCUT2D eigenvalue weighted by Gasteiger charge is -2.11. The van der Waals surface area contributed by atoms with Gasteiger partial charge >= 0.3 is 0 Å². The number of nitrogens with one attached hydrogen (secondary N) is 1. The molecule has 0 aliphatic heterocycles. The van der Waals surface area contributed by atoms with Crippen molar-refractivity contribution in [2.45, 2.75) is 26.8 Å². The van der Waals surface area contributed by atoms with Crippen LogP contribution in [-0.4, -0.2) is 25.5 Å². The second kappa shape index (κ2) is 8.01. The van der Waals surface area contributed by atoms with Gasteiger partial charge < -0.3 is 5.32 Å². The van der Waals surface area contributed by atoms with E-state index in [1.54, 1.807) is 16.8 Å². The van der Waals surface area contributed by atoms with Gasteiger partial charge in [0.05, 0.1) is 12.2 Å². The van der Waals surface area contributed by atoms with E-state index < -0.39 is 0 Å². The summed E-state index contributed by atoms with van der Waals surface area (Å²) in [5.41, 5.74) is 5.81. The van der Waals surface area contributed by atoms with E-state index in [2.05, 4.69) is 20.4 Å². The summed E-state index contributed by atoms with van der Waals surface area (Å²) in [7, 11) is 0. The summed E-state index contributed by atoms with van der Waals surface area (Å²) in [4.78, 5) is 21.4. The highest BCUT2D eigenvalue weighted by molar-refractivity contribution is 6.30. The van der Waals surface area contributed by atoms with E-state index >= 15 is 0 Å². The minimum atomic E-state index is -0.255. The van der Waals surface area contributed by atoms with E-state index in [9.17, 15) is 4.79 Å². The van der Waals surface area contributed by atoms with Crippen LogP contribution in [0.2, 0.25) is 5.02 Å². The molecule has 0 saturated heterocycles. The number of hydrogen-bond acceptors (Lipinski definition) is 4. The number of halogens is 1. The highest BCUT2D eigenvalue weighted by Crippen LogP contribution is 2.21. The van der Waals surface area contributed by atoms with Crippen LogP contribution in [0.25, 0.3) is 5.65 Å². The maximum Gasteiger partial charge on any atom is 0.272 e. The van der Waals surface area contributed by atoms with Crippen molar-refractivity contribution in [1.29, 1.82) is 0 Å². The van der Waals surface area contributed by atoms with Gasteiger partial charge in [-0.2, -0.15) is 5.10 Å². The molecule has 29 heavy (non-hydrogen) atoms. The van der Waals surface area contributed by atoms with Crippen molar-refractivity contribution >= 4 is 23.2 Å². The maximum atomic E-state index is 12.5. The molecule has 0 saturated carbocycles. The zero-order valence-electron chi connectivity index (χ0n) is 16.2. The Morgan fingerprint density at radius 3 is 2.76 bits per heavy atom. The number of aryl methyl sites for hydroxylation is 2. The lowest BCUT2D eigenvalue weighted by molar-refractivity contribution is 0.0945. The molecule has 1 amide bonds. The molecular formula is C22H20ClN5O. The van der Waals surface area contributed by atoms with Crippen molar-refractivity contribution in [2.24, 2.45) is 0 Å². The second-order valence-corrected chi connectivity index (χ2v) is 7.31. The molecule has 0 spiro atoms. The van der Waals surface area contributed by atoms with Crippen molar-refractivity contribution < 1.29 is 4.79 Å². The molecule has 3 aromatic heterocycles. The van der Waals surface area contributed by atoms with E-state index in [4.69, 9.17) is 11.6 Å². The third-order valence-corrected chi connectivity index (χ3v) is 5.06. The average Bonchev–Trinajstić information content (AvgIpc) is 3.14. The maximum absolute atomic E-state index is 12.5. The van der Waals surface area contributed by atoms with Crippen molar-refractivity contribution in [1.82, 2.24) is 24.9 Å². The molecule has 6 nitrogen and oxygen atoms in total. The van der Waals surface area contributed by atoms with Crippen LogP contribution in [0.3, 0.4) is 0 Å². The minimum absolute atomic E-state index is 0.255. The van der Waals surface area contributed by atoms with Crippen molar-refractivity contribution in [2.75, 3.05) is 0 Å². The Bertz CT molecular complexity index is 1190. The highest BCUT2D eigenvalue weighted by atomic mass is 35.5. The third-order valence-electron chi connectivity index (χ3n) is 4.82. The van der Waals surface area contributed by atoms with Gasteiger partial charge in [0.1, 0.15) is 0 Å². The number of carbonyl (C=O) groups is 1. The Hall–Kier alpha value is -3.25. The lowest BCUT2D eigenvalue weighted by Crippen LogP contribution is -2.23. The number of amides is 1. The molecule has 0 bridgehead atoms. The Balaban J connectivity index is 1.60. The molecule has 0 unspecified atom stereocenters. The molecule has 1 N–H and O–H groups in total. The van der Waals surface area contributed by atoms with Gasteiger partial charge in [-0.3, -0.25) is 9.78 Å². The van der Waals surface area contributed by atoms with E-state index in [1.165, 1.54) is 0 Å². The van der Waals surface area contributed by atoms with Crippen LogP contribution in [0.5, 0.6) is 0 Å². The normalized spacial score (nSPS) is 11.0. The molecule has 7 heteroatoms. The predicted octanol–water partition coefficient (Wildman–Crippen LogP) is 3.92. The van der Waals surface area contributed by atoms with Gasteiger partial charge in [-0.05, 0) is 49.2 Å². The number of nitrogens with zero attached hydrogens (tertiary/aromatic N) is 4. The Labute approximate surface area is 173 Å². The first-order valence-electron chi connectivity index (χ1n) is 9.29. The van der Waals surface area contributed by atoms with E-state index in [1.807, 2.05) is 56.3 Å². The van der Waals surface area contributed by atoms with Gasteiger partial charge in [-0.15, -0.1) is 0 Å². The molecule has 0 fully saturated rings. The number of benzene rings is 1. The largest absolute Gasteiger partial charge is 0.345 e. The van der Waals surface area contributed by atoms with Crippen molar-refractivity contribution in [3.63, 3.8) is 0 Å². The minimum Gasteiger partial charge on any atom is -0.345 e. The number of rotatable bonds is 5. The topological polar surface area (TPSA) is 72.2 Å². The van der Waals surface area contributed by atoms with Crippen molar-refractivity contribution in [3.05, 3.63) is 93.7 Å². The van der Waals surface area contributed by atoms with Crippen molar-refractivity contribution in [3.8, 4) is 0 Å². The molecule has 0 aliphatic rings. The smallest absolute Gasteiger partial charge is 0.272 e. The van der Waals surface area contributed by atoms with Crippen LogP contribution in [0.15, 0.2) is 54.7 Å². The zero-order chi connectivity index (χ0) is 20.4. The monoisotopic (exact) mass is 405 g/mol. The van der Waals surface area contributed by atoms with Gasteiger partial charge in [0, 0.05) is 35.1 Å². The Morgan fingerprint density at radius 1 is 1.14 bits per heavy atom. The molecule has 0 radical (unpaired) electrons. The Kier molecular flexibility index (Phi) is 5.27. The second-order valence-electron chi connectivity index (χ2n) is 6.87. The molecule has 4 aromatic rings.